The number of aromatic amines is 1. The number of nitrogens with one attached hydrogen (secondary N) is 1. The number of aromatic nitrogens is 4. The molecule has 0 bridgehead atoms. The first-order valence-electron chi connectivity index (χ1n) is 10.8. The van der Waals surface area contributed by atoms with Crippen LogP contribution < -0.4 is 0 Å². The molecule has 0 saturated carbocycles. The fraction of sp³-hybridized carbons (Fsp3) is 0.0741. The van der Waals surface area contributed by atoms with Gasteiger partial charge in [-0.2, -0.15) is 5.10 Å². The van der Waals surface area contributed by atoms with E-state index in [2.05, 4.69) is 34.3 Å². The lowest BCUT2D eigenvalue weighted by atomic mass is 10.1. The van der Waals surface area contributed by atoms with Gasteiger partial charge in [0.2, 0.25) is 0 Å². The number of para-hydroxylation sites is 1. The van der Waals surface area contributed by atoms with Gasteiger partial charge in [0.1, 0.15) is 5.03 Å². The van der Waals surface area contributed by atoms with Gasteiger partial charge in [-0.1, -0.05) is 84.6 Å². The van der Waals surface area contributed by atoms with Gasteiger partial charge in [-0.15, -0.1) is 0 Å². The Kier molecular flexibility index (Phi) is 4.73. The number of pyridine rings is 1. The van der Waals surface area contributed by atoms with Crippen LogP contribution in [0.2, 0.25) is 0 Å². The van der Waals surface area contributed by atoms with Crippen LogP contribution in [-0.4, -0.2) is 31.4 Å². The molecular weight excluding hydrogens is 428 g/mol. The molecule has 6 heteroatoms. The molecule has 3 aromatic carbocycles. The minimum Gasteiger partial charge on any atom is -0.353 e. The number of H-pyrrole nitrogens is 1. The molecule has 0 atom stereocenters. The highest BCUT2D eigenvalue weighted by molar-refractivity contribution is 8.00. The van der Waals surface area contributed by atoms with Crippen molar-refractivity contribution in [2.24, 2.45) is 0 Å². The zero-order valence-electron chi connectivity index (χ0n) is 17.9. The number of carbonyl (C=O) groups is 1. The minimum atomic E-state index is -0.0652. The van der Waals surface area contributed by atoms with Crippen molar-refractivity contribution in [2.45, 2.75) is 11.9 Å². The second-order valence-electron chi connectivity index (χ2n) is 7.99. The number of hydrogen-bond donors (Lipinski definition) is 1. The zero-order chi connectivity index (χ0) is 22.4. The quantitative estimate of drug-likeness (QED) is 0.314. The van der Waals surface area contributed by atoms with Crippen LogP contribution in [0.3, 0.4) is 0 Å². The van der Waals surface area contributed by atoms with Crippen molar-refractivity contribution in [3.8, 4) is 11.3 Å². The fourth-order valence-electron chi connectivity index (χ4n) is 4.27. The van der Waals surface area contributed by atoms with E-state index in [1.54, 1.807) is 0 Å². The molecule has 0 unspecified atom stereocenters. The first-order valence-corrected chi connectivity index (χ1v) is 11.7. The van der Waals surface area contributed by atoms with Gasteiger partial charge >= 0.3 is 0 Å². The Morgan fingerprint density at radius 3 is 2.42 bits per heavy atom. The molecule has 3 heterocycles. The molecule has 0 fully saturated rings. The van der Waals surface area contributed by atoms with Gasteiger partial charge in [0.05, 0.1) is 22.5 Å². The third kappa shape index (κ3) is 3.39. The van der Waals surface area contributed by atoms with E-state index in [4.69, 9.17) is 4.98 Å². The first-order chi connectivity index (χ1) is 16.2. The van der Waals surface area contributed by atoms with E-state index >= 15 is 0 Å². The van der Waals surface area contributed by atoms with Gasteiger partial charge in [-0.25, -0.2) is 9.67 Å². The molecule has 6 aromatic rings. The van der Waals surface area contributed by atoms with Gasteiger partial charge in [-0.3, -0.25) is 4.79 Å². The van der Waals surface area contributed by atoms with E-state index in [0.717, 1.165) is 54.7 Å². The van der Waals surface area contributed by atoms with Crippen molar-refractivity contribution in [1.29, 1.82) is 0 Å². The van der Waals surface area contributed by atoms with Crippen molar-refractivity contribution in [2.75, 3.05) is 5.75 Å². The molecule has 160 valence electrons. The summed E-state index contributed by atoms with van der Waals surface area (Å²) in [4.78, 5) is 21.6. The number of thioether (sulfide) groups is 1. The lowest BCUT2D eigenvalue weighted by molar-refractivity contribution is 0.0924. The molecule has 3 aromatic heterocycles. The number of aryl methyl sites for hydroxylation is 1. The maximum Gasteiger partial charge on any atom is 0.257 e. The number of fused-ring (bicyclic) bond motifs is 5. The Hall–Kier alpha value is -3.90. The van der Waals surface area contributed by atoms with Crippen molar-refractivity contribution in [3.05, 3.63) is 90.6 Å². The summed E-state index contributed by atoms with van der Waals surface area (Å²) in [6.45, 7) is 1.91. The molecular formula is C27H20N4OS. The van der Waals surface area contributed by atoms with Crippen LogP contribution >= 0.6 is 11.8 Å². The average molecular weight is 449 g/mol. The molecule has 5 nitrogen and oxygen atoms in total. The van der Waals surface area contributed by atoms with Crippen molar-refractivity contribution >= 4 is 50.4 Å². The minimum absolute atomic E-state index is 0.0652. The summed E-state index contributed by atoms with van der Waals surface area (Å²) in [5.41, 5.74) is 5.64. The van der Waals surface area contributed by atoms with Crippen LogP contribution in [0.15, 0.2) is 90.0 Å². The number of hydrogen-bond acceptors (Lipinski definition) is 4. The number of nitrogens with zero attached hydrogens (tertiary/aromatic N) is 3. The number of benzene rings is 3. The van der Waals surface area contributed by atoms with Crippen LogP contribution in [-0.2, 0) is 0 Å². The molecule has 0 aliphatic heterocycles. The fourth-order valence-corrected chi connectivity index (χ4v) is 5.14. The highest BCUT2D eigenvalue weighted by Crippen LogP contribution is 2.35. The zero-order valence-corrected chi connectivity index (χ0v) is 18.8. The average Bonchev–Trinajstić information content (AvgIpc) is 3.44. The number of rotatable bonds is 4. The van der Waals surface area contributed by atoms with E-state index in [-0.39, 0.29) is 11.7 Å². The Bertz CT molecular complexity index is 1650. The molecule has 0 aliphatic carbocycles. The Morgan fingerprint density at radius 2 is 1.61 bits per heavy atom. The molecule has 0 radical (unpaired) electrons. The molecule has 0 aliphatic rings. The highest BCUT2D eigenvalue weighted by atomic mass is 32.2. The van der Waals surface area contributed by atoms with E-state index < -0.39 is 0 Å². The largest absolute Gasteiger partial charge is 0.353 e. The van der Waals surface area contributed by atoms with E-state index in [9.17, 15) is 4.79 Å². The van der Waals surface area contributed by atoms with E-state index in [0.29, 0.717) is 0 Å². The smallest absolute Gasteiger partial charge is 0.257 e. The molecule has 1 N–H and O–H groups in total. The van der Waals surface area contributed by atoms with Crippen LogP contribution in [0.25, 0.3) is 44.0 Å². The maximum atomic E-state index is 13.1. The van der Waals surface area contributed by atoms with Gasteiger partial charge in [0, 0.05) is 32.9 Å². The standard InChI is InChI=1S/C27H20N4OS/c1-17-15-23(18-9-3-2-4-10-18)30-31(17)24(32)16-33-27-20-12-6-5-11-19(20)25-26(29-27)21-13-7-8-14-22(21)28-25/h2-15,28H,16H2,1H3. The molecule has 33 heavy (non-hydrogen) atoms. The van der Waals surface area contributed by atoms with Crippen LogP contribution in [0, 0.1) is 6.92 Å². The van der Waals surface area contributed by atoms with Crippen molar-refractivity contribution in [1.82, 2.24) is 19.7 Å². The second kappa shape index (κ2) is 7.90. The summed E-state index contributed by atoms with van der Waals surface area (Å²) in [7, 11) is 0. The van der Waals surface area contributed by atoms with Crippen molar-refractivity contribution < 1.29 is 4.79 Å². The summed E-state index contributed by atoms with van der Waals surface area (Å²) in [6.07, 6.45) is 0. The Balaban J connectivity index is 1.36. The van der Waals surface area contributed by atoms with Gasteiger partial charge in [0.15, 0.2) is 0 Å². The van der Waals surface area contributed by atoms with E-state index in [1.807, 2.05) is 67.6 Å². The van der Waals surface area contributed by atoms with Crippen molar-refractivity contribution in [3.63, 3.8) is 0 Å². The number of carbonyl (C=O) groups excluding carboxylic acids is 1. The Morgan fingerprint density at radius 1 is 0.909 bits per heavy atom. The lowest BCUT2D eigenvalue weighted by Gasteiger charge is -2.08. The van der Waals surface area contributed by atoms with Gasteiger partial charge in [-0.05, 0) is 19.1 Å². The normalized spacial score (nSPS) is 11.5. The van der Waals surface area contributed by atoms with Gasteiger partial charge in [0.25, 0.3) is 5.91 Å². The predicted octanol–water partition coefficient (Wildman–Crippen LogP) is 6.47. The summed E-state index contributed by atoms with van der Waals surface area (Å²) in [6, 6.07) is 28.2. The highest BCUT2D eigenvalue weighted by Gasteiger charge is 2.17. The maximum absolute atomic E-state index is 13.1. The molecule has 0 saturated heterocycles. The Labute approximate surface area is 194 Å². The van der Waals surface area contributed by atoms with Gasteiger partial charge < -0.3 is 4.98 Å². The monoisotopic (exact) mass is 448 g/mol. The molecule has 6 rings (SSSR count). The molecule has 0 spiro atoms. The third-order valence-corrected chi connectivity index (χ3v) is 6.82. The van der Waals surface area contributed by atoms with Crippen LogP contribution in [0.4, 0.5) is 0 Å². The summed E-state index contributed by atoms with van der Waals surface area (Å²) >= 11 is 1.46. The lowest BCUT2D eigenvalue weighted by Crippen LogP contribution is -2.16. The molecule has 0 amide bonds. The van der Waals surface area contributed by atoms with E-state index in [1.165, 1.54) is 16.4 Å². The summed E-state index contributed by atoms with van der Waals surface area (Å²) in [5, 5.41) is 8.65. The SMILES string of the molecule is Cc1cc(-c2ccccc2)nn1C(=O)CSc1nc2c3ccccc3[nH]c2c2ccccc12. The summed E-state index contributed by atoms with van der Waals surface area (Å²) in [5.74, 6) is 0.186. The third-order valence-electron chi connectivity index (χ3n) is 5.84. The second-order valence-corrected chi connectivity index (χ2v) is 8.95. The topological polar surface area (TPSA) is 63.6 Å². The predicted molar refractivity (Wildman–Crippen MR) is 135 cm³/mol. The van der Waals surface area contributed by atoms with Crippen LogP contribution in [0.5, 0.6) is 0 Å². The van der Waals surface area contributed by atoms with Crippen LogP contribution in [0.1, 0.15) is 10.5 Å². The summed E-state index contributed by atoms with van der Waals surface area (Å²) < 4.78 is 1.50. The first kappa shape index (κ1) is 19.8.